The molecule has 0 aromatic carbocycles. The van der Waals surface area contributed by atoms with Gasteiger partial charge in [-0.3, -0.25) is 9.91 Å². The second-order valence-corrected chi connectivity index (χ2v) is 6.53. The van der Waals surface area contributed by atoms with Gasteiger partial charge in [0.25, 0.3) is 0 Å². The van der Waals surface area contributed by atoms with Gasteiger partial charge in [0, 0.05) is 18.8 Å². The third-order valence-corrected chi connectivity index (χ3v) is 3.90. The fraction of sp³-hybridized carbons (Fsp3) is 0.562. The Kier molecular flexibility index (Phi) is 3.77. The topological polar surface area (TPSA) is 58.8 Å². The van der Waals surface area contributed by atoms with Gasteiger partial charge < -0.3 is 4.74 Å². The zero-order valence-corrected chi connectivity index (χ0v) is 13.4. The van der Waals surface area contributed by atoms with E-state index >= 15 is 0 Å². The molecule has 0 bridgehead atoms. The second-order valence-electron chi connectivity index (χ2n) is 6.53. The van der Waals surface area contributed by atoms with Gasteiger partial charge in [-0.1, -0.05) is 5.92 Å². The van der Waals surface area contributed by atoms with Gasteiger partial charge in [-0.15, -0.1) is 6.42 Å². The lowest BCUT2D eigenvalue weighted by Crippen LogP contribution is -2.43. The molecule has 0 saturated carbocycles. The molecule has 0 fully saturated rings. The van der Waals surface area contributed by atoms with Crippen molar-refractivity contribution >= 4 is 6.09 Å². The summed E-state index contributed by atoms with van der Waals surface area (Å²) < 4.78 is 5.43. The average Bonchev–Trinajstić information content (AvgIpc) is 2.80. The number of hydrogen-bond acceptors (Lipinski definition) is 4. The summed E-state index contributed by atoms with van der Waals surface area (Å²) in [4.78, 5) is 13.9. The van der Waals surface area contributed by atoms with Gasteiger partial charge in [-0.25, -0.2) is 10.6 Å². The fourth-order valence-electron chi connectivity index (χ4n) is 2.67. The molecular weight excluding hydrogens is 266 g/mol. The molecule has 1 atom stereocenters. The van der Waals surface area contributed by atoms with Crippen LogP contribution in [0.25, 0.3) is 0 Å². The van der Waals surface area contributed by atoms with E-state index < -0.39 is 5.60 Å². The maximum absolute atomic E-state index is 12.2. The average molecular weight is 289 g/mol. The molecule has 2 heterocycles. The highest BCUT2D eigenvalue weighted by Gasteiger charge is 2.37. The van der Waals surface area contributed by atoms with Crippen LogP contribution < -0.4 is 5.84 Å². The molecule has 0 radical (unpaired) electrons. The normalized spacial score (nSPS) is 22.4. The molecule has 0 aliphatic carbocycles. The summed E-state index contributed by atoms with van der Waals surface area (Å²) in [6.45, 7) is 10.5. The van der Waals surface area contributed by atoms with E-state index in [4.69, 9.17) is 17.0 Å². The third-order valence-electron chi connectivity index (χ3n) is 3.90. The molecule has 0 aromatic rings. The van der Waals surface area contributed by atoms with E-state index in [9.17, 15) is 4.79 Å². The number of nitrogens with zero attached hydrogens (tertiary/aromatic N) is 2. The van der Waals surface area contributed by atoms with Crippen LogP contribution in [0.1, 0.15) is 34.6 Å². The van der Waals surface area contributed by atoms with Gasteiger partial charge in [0.2, 0.25) is 0 Å². The van der Waals surface area contributed by atoms with Crippen LogP contribution in [0.3, 0.4) is 0 Å². The quantitative estimate of drug-likeness (QED) is 0.547. The summed E-state index contributed by atoms with van der Waals surface area (Å²) in [7, 11) is 0. The van der Waals surface area contributed by atoms with E-state index in [1.807, 2.05) is 34.6 Å². The van der Waals surface area contributed by atoms with E-state index in [1.165, 1.54) is 0 Å². The van der Waals surface area contributed by atoms with Crippen LogP contribution in [0.5, 0.6) is 0 Å². The Labute approximate surface area is 126 Å². The number of rotatable bonds is 0. The minimum Gasteiger partial charge on any atom is -0.444 e. The Morgan fingerprint density at radius 2 is 2.00 bits per heavy atom. The van der Waals surface area contributed by atoms with Crippen LogP contribution in [0, 0.1) is 12.3 Å². The van der Waals surface area contributed by atoms with E-state index in [-0.39, 0.29) is 12.1 Å². The first-order valence-corrected chi connectivity index (χ1v) is 7.03. The number of ether oxygens (including phenoxy) is 1. The van der Waals surface area contributed by atoms with Crippen molar-refractivity contribution in [2.24, 2.45) is 5.84 Å². The van der Waals surface area contributed by atoms with Crippen LogP contribution in [0.4, 0.5) is 4.79 Å². The monoisotopic (exact) mass is 289 g/mol. The minimum atomic E-state index is -0.508. The first-order chi connectivity index (χ1) is 9.65. The largest absolute Gasteiger partial charge is 0.444 e. The lowest BCUT2D eigenvalue weighted by Gasteiger charge is -2.33. The van der Waals surface area contributed by atoms with Gasteiger partial charge in [0.05, 0.1) is 0 Å². The third kappa shape index (κ3) is 2.77. The summed E-state index contributed by atoms with van der Waals surface area (Å²) in [5.74, 6) is 8.78. The van der Waals surface area contributed by atoms with Crippen molar-refractivity contribution in [1.82, 2.24) is 9.91 Å². The molecule has 0 spiro atoms. The number of hydrazine groups is 1. The molecule has 2 N–H and O–H groups in total. The first kappa shape index (κ1) is 15.5. The molecule has 114 valence electrons. The van der Waals surface area contributed by atoms with Crippen LogP contribution in [0.2, 0.25) is 0 Å². The predicted octanol–water partition coefficient (Wildman–Crippen LogP) is 2.02. The standard InChI is InChI=1S/C16H23N3O2/c1-7-14-13-9-18(15(20)21-16(4,5)6)8-12(13)10(2)11(3)19(14)17/h1,14H,8-9,17H2,2-6H3. The van der Waals surface area contributed by atoms with Crippen LogP contribution in [0.15, 0.2) is 22.4 Å². The molecular formula is C16H23N3O2. The van der Waals surface area contributed by atoms with Gasteiger partial charge in [0.15, 0.2) is 0 Å². The smallest absolute Gasteiger partial charge is 0.410 e. The summed E-state index contributed by atoms with van der Waals surface area (Å²) in [5, 5.41) is 1.60. The number of allylic oxidation sites excluding steroid dienone is 1. The Bertz CT molecular complexity index is 575. The van der Waals surface area contributed by atoms with Crippen molar-refractivity contribution in [3.8, 4) is 12.3 Å². The Morgan fingerprint density at radius 1 is 1.38 bits per heavy atom. The number of carbonyl (C=O) groups excluding carboxylic acids is 1. The highest BCUT2D eigenvalue weighted by Crippen LogP contribution is 2.35. The molecule has 2 rings (SSSR count). The molecule has 0 saturated heterocycles. The molecule has 5 heteroatoms. The summed E-state index contributed by atoms with van der Waals surface area (Å²) in [6, 6.07) is -0.295. The Morgan fingerprint density at radius 3 is 2.52 bits per heavy atom. The Balaban J connectivity index is 2.24. The van der Waals surface area contributed by atoms with E-state index in [1.54, 1.807) is 9.91 Å². The molecule has 0 aromatic heterocycles. The van der Waals surface area contributed by atoms with Crippen molar-refractivity contribution < 1.29 is 9.53 Å². The maximum Gasteiger partial charge on any atom is 0.410 e. The molecule has 1 unspecified atom stereocenters. The zero-order valence-electron chi connectivity index (χ0n) is 13.4. The molecule has 21 heavy (non-hydrogen) atoms. The zero-order chi connectivity index (χ0) is 15.9. The van der Waals surface area contributed by atoms with Crippen molar-refractivity contribution in [2.75, 3.05) is 13.1 Å². The predicted molar refractivity (Wildman–Crippen MR) is 81.9 cm³/mol. The Hall–Kier alpha value is -1.93. The lowest BCUT2D eigenvalue weighted by atomic mass is 9.93. The van der Waals surface area contributed by atoms with Crippen LogP contribution in [-0.4, -0.2) is 40.7 Å². The van der Waals surface area contributed by atoms with Crippen molar-refractivity contribution in [1.29, 1.82) is 0 Å². The van der Waals surface area contributed by atoms with Gasteiger partial charge in [-0.2, -0.15) is 0 Å². The van der Waals surface area contributed by atoms with Crippen LogP contribution in [-0.2, 0) is 4.74 Å². The molecule has 2 aliphatic heterocycles. The SMILES string of the molecule is C#CC1C2=C(CN(C(=O)OC(C)(C)C)C2)C(C)=C(C)N1N. The second kappa shape index (κ2) is 5.12. The van der Waals surface area contributed by atoms with Crippen molar-refractivity contribution in [3.63, 3.8) is 0 Å². The highest BCUT2D eigenvalue weighted by atomic mass is 16.6. The number of terminal acetylenes is 1. The lowest BCUT2D eigenvalue weighted by molar-refractivity contribution is 0.0298. The highest BCUT2D eigenvalue weighted by molar-refractivity contribution is 5.71. The maximum atomic E-state index is 12.2. The number of nitrogens with two attached hydrogens (primary N) is 1. The van der Waals surface area contributed by atoms with Gasteiger partial charge in [0.1, 0.15) is 11.6 Å². The summed E-state index contributed by atoms with van der Waals surface area (Å²) in [5.41, 5.74) is 3.66. The van der Waals surface area contributed by atoms with E-state index in [0.717, 1.165) is 22.4 Å². The number of hydrogen-bond donors (Lipinski definition) is 1. The van der Waals surface area contributed by atoms with Crippen molar-refractivity contribution in [3.05, 3.63) is 22.4 Å². The molecule has 2 aliphatic rings. The van der Waals surface area contributed by atoms with Crippen molar-refractivity contribution in [2.45, 2.75) is 46.3 Å². The number of carbonyl (C=O) groups is 1. The molecule has 5 nitrogen and oxygen atoms in total. The fourth-order valence-corrected chi connectivity index (χ4v) is 2.67. The van der Waals surface area contributed by atoms with Crippen LogP contribution >= 0.6 is 0 Å². The van der Waals surface area contributed by atoms with E-state index in [2.05, 4.69) is 5.92 Å². The first-order valence-electron chi connectivity index (χ1n) is 7.03. The van der Waals surface area contributed by atoms with Gasteiger partial charge in [-0.05, 0) is 51.3 Å². The van der Waals surface area contributed by atoms with E-state index in [0.29, 0.717) is 13.1 Å². The minimum absolute atomic E-state index is 0.295. The van der Waals surface area contributed by atoms with Gasteiger partial charge >= 0.3 is 6.09 Å². The molecule has 1 amide bonds. The summed E-state index contributed by atoms with van der Waals surface area (Å²) >= 11 is 0. The number of amides is 1. The summed E-state index contributed by atoms with van der Waals surface area (Å²) in [6.07, 6.45) is 5.30.